The van der Waals surface area contributed by atoms with E-state index in [1.807, 2.05) is 13.0 Å². The van der Waals surface area contributed by atoms with E-state index < -0.39 is 5.97 Å². The largest absolute Gasteiger partial charge is 0.481 e. The standard InChI is InChI=1S/C18H21FN4O2/c1-12-21-16(20-11-14-4-2-3-5-15(14)19)10-17(22-12)23-8-6-13(7-9-23)18(24)25/h2-5,10,13H,6-9,11H2,1H3,(H,24,25)(H,20,21,22). The van der Waals surface area contributed by atoms with Crippen LogP contribution in [0.1, 0.15) is 24.2 Å². The first-order chi connectivity index (χ1) is 12.0. The highest BCUT2D eigenvalue weighted by atomic mass is 19.1. The summed E-state index contributed by atoms with van der Waals surface area (Å²) in [6.45, 7) is 3.45. The molecule has 25 heavy (non-hydrogen) atoms. The highest BCUT2D eigenvalue weighted by Crippen LogP contribution is 2.24. The summed E-state index contributed by atoms with van der Waals surface area (Å²) in [6, 6.07) is 8.44. The minimum Gasteiger partial charge on any atom is -0.481 e. The van der Waals surface area contributed by atoms with Gasteiger partial charge in [-0.05, 0) is 25.8 Å². The third-order valence-electron chi connectivity index (χ3n) is 4.41. The normalized spacial score (nSPS) is 15.2. The molecule has 1 aliphatic heterocycles. The predicted molar refractivity (Wildman–Crippen MR) is 93.1 cm³/mol. The molecule has 1 fully saturated rings. The maximum atomic E-state index is 13.7. The second-order valence-corrected chi connectivity index (χ2v) is 6.20. The molecule has 1 aliphatic rings. The van der Waals surface area contributed by atoms with Crippen LogP contribution in [0.15, 0.2) is 30.3 Å². The van der Waals surface area contributed by atoms with Crippen molar-refractivity contribution in [1.82, 2.24) is 9.97 Å². The number of piperidine rings is 1. The highest BCUT2D eigenvalue weighted by molar-refractivity contribution is 5.70. The van der Waals surface area contributed by atoms with E-state index in [9.17, 15) is 9.18 Å². The predicted octanol–water partition coefficient (Wildman–Crippen LogP) is 2.84. The molecule has 1 saturated heterocycles. The molecule has 7 heteroatoms. The number of carboxylic acid groups (broad SMARTS) is 1. The van der Waals surface area contributed by atoms with Crippen LogP contribution >= 0.6 is 0 Å². The van der Waals surface area contributed by atoms with Crippen molar-refractivity contribution in [3.8, 4) is 0 Å². The quantitative estimate of drug-likeness (QED) is 0.868. The van der Waals surface area contributed by atoms with Crippen LogP contribution in [0.5, 0.6) is 0 Å². The third-order valence-corrected chi connectivity index (χ3v) is 4.41. The molecule has 3 rings (SSSR count). The molecule has 0 radical (unpaired) electrons. The average molecular weight is 344 g/mol. The second-order valence-electron chi connectivity index (χ2n) is 6.20. The topological polar surface area (TPSA) is 78.4 Å². The summed E-state index contributed by atoms with van der Waals surface area (Å²) >= 11 is 0. The van der Waals surface area contributed by atoms with Crippen LogP contribution in [0, 0.1) is 18.7 Å². The number of aromatic nitrogens is 2. The molecule has 0 saturated carbocycles. The van der Waals surface area contributed by atoms with Gasteiger partial charge in [0.1, 0.15) is 23.3 Å². The summed E-state index contributed by atoms with van der Waals surface area (Å²) in [5, 5.41) is 12.2. The highest BCUT2D eigenvalue weighted by Gasteiger charge is 2.25. The van der Waals surface area contributed by atoms with E-state index in [4.69, 9.17) is 5.11 Å². The Labute approximate surface area is 145 Å². The van der Waals surface area contributed by atoms with Crippen molar-refractivity contribution in [2.45, 2.75) is 26.3 Å². The molecule has 132 valence electrons. The first kappa shape index (κ1) is 17.1. The lowest BCUT2D eigenvalue weighted by atomic mass is 9.97. The van der Waals surface area contributed by atoms with Gasteiger partial charge in [0.05, 0.1) is 5.92 Å². The summed E-state index contributed by atoms with van der Waals surface area (Å²) in [4.78, 5) is 21.9. The van der Waals surface area contributed by atoms with E-state index >= 15 is 0 Å². The molecule has 2 aromatic rings. The molecule has 0 atom stereocenters. The van der Waals surface area contributed by atoms with Gasteiger partial charge in [-0.3, -0.25) is 4.79 Å². The Kier molecular flexibility index (Phi) is 5.11. The van der Waals surface area contributed by atoms with Crippen LogP contribution in [0.2, 0.25) is 0 Å². The van der Waals surface area contributed by atoms with Crippen molar-refractivity contribution in [3.63, 3.8) is 0 Å². The molecule has 2 N–H and O–H groups in total. The lowest BCUT2D eigenvalue weighted by molar-refractivity contribution is -0.142. The van der Waals surface area contributed by atoms with Crippen LogP contribution in [-0.4, -0.2) is 34.1 Å². The molecule has 0 bridgehead atoms. The number of benzene rings is 1. The minimum absolute atomic E-state index is 0.253. The number of halogens is 1. The molecule has 0 aliphatic carbocycles. The molecule has 6 nitrogen and oxygen atoms in total. The van der Waals surface area contributed by atoms with E-state index in [0.29, 0.717) is 49.7 Å². The number of carbonyl (C=O) groups is 1. The van der Waals surface area contributed by atoms with Crippen molar-refractivity contribution in [2.75, 3.05) is 23.3 Å². The number of aryl methyl sites for hydroxylation is 1. The van der Waals surface area contributed by atoms with Gasteiger partial charge in [0.2, 0.25) is 0 Å². The molecule has 1 aromatic heterocycles. The van der Waals surface area contributed by atoms with Gasteiger partial charge in [-0.15, -0.1) is 0 Å². The summed E-state index contributed by atoms with van der Waals surface area (Å²) in [6.07, 6.45) is 1.22. The molecule has 2 heterocycles. The fourth-order valence-electron chi connectivity index (χ4n) is 2.99. The number of nitrogens with one attached hydrogen (secondary N) is 1. The Bertz CT molecular complexity index is 760. The number of carboxylic acids is 1. The van der Waals surface area contributed by atoms with Crippen LogP contribution < -0.4 is 10.2 Å². The Morgan fingerprint density at radius 2 is 2.04 bits per heavy atom. The number of aliphatic carboxylic acids is 1. The fraction of sp³-hybridized carbons (Fsp3) is 0.389. The zero-order valence-electron chi connectivity index (χ0n) is 14.1. The SMILES string of the molecule is Cc1nc(NCc2ccccc2F)cc(N2CCC(C(=O)O)CC2)n1. The first-order valence-electron chi connectivity index (χ1n) is 8.33. The number of nitrogens with zero attached hydrogens (tertiary/aromatic N) is 3. The number of anilines is 2. The van der Waals surface area contributed by atoms with Crippen molar-refractivity contribution >= 4 is 17.6 Å². The van der Waals surface area contributed by atoms with Crippen LogP contribution in [0.25, 0.3) is 0 Å². The lowest BCUT2D eigenvalue weighted by Gasteiger charge is -2.31. The smallest absolute Gasteiger partial charge is 0.306 e. The van der Waals surface area contributed by atoms with Gasteiger partial charge in [-0.1, -0.05) is 18.2 Å². The van der Waals surface area contributed by atoms with Crippen molar-refractivity contribution < 1.29 is 14.3 Å². The van der Waals surface area contributed by atoms with Crippen molar-refractivity contribution in [3.05, 3.63) is 47.5 Å². The van der Waals surface area contributed by atoms with Gasteiger partial charge >= 0.3 is 5.97 Å². The van der Waals surface area contributed by atoms with Gasteiger partial charge in [0.15, 0.2) is 0 Å². The average Bonchev–Trinajstić information content (AvgIpc) is 2.60. The van der Waals surface area contributed by atoms with E-state index in [0.717, 1.165) is 5.82 Å². The van der Waals surface area contributed by atoms with Crippen molar-refractivity contribution in [2.24, 2.45) is 5.92 Å². The van der Waals surface area contributed by atoms with Gasteiger partial charge in [-0.25, -0.2) is 14.4 Å². The molecule has 0 spiro atoms. The Morgan fingerprint density at radius 1 is 1.32 bits per heavy atom. The monoisotopic (exact) mass is 344 g/mol. The van der Waals surface area contributed by atoms with Gasteiger partial charge in [0.25, 0.3) is 0 Å². The Hall–Kier alpha value is -2.70. The zero-order chi connectivity index (χ0) is 17.8. The van der Waals surface area contributed by atoms with Gasteiger partial charge in [0, 0.05) is 31.3 Å². The van der Waals surface area contributed by atoms with Gasteiger partial charge < -0.3 is 15.3 Å². The minimum atomic E-state index is -0.731. The maximum absolute atomic E-state index is 13.7. The molecule has 1 aromatic carbocycles. The summed E-state index contributed by atoms with van der Waals surface area (Å²) in [5.41, 5.74) is 0.572. The fourth-order valence-corrected chi connectivity index (χ4v) is 2.99. The maximum Gasteiger partial charge on any atom is 0.306 e. The summed E-state index contributed by atoms with van der Waals surface area (Å²) in [7, 11) is 0. The van der Waals surface area contributed by atoms with Crippen LogP contribution in [0.3, 0.4) is 0 Å². The van der Waals surface area contributed by atoms with Crippen LogP contribution in [-0.2, 0) is 11.3 Å². The molecular formula is C18H21FN4O2. The van der Waals surface area contributed by atoms with E-state index in [2.05, 4.69) is 20.2 Å². The van der Waals surface area contributed by atoms with Crippen molar-refractivity contribution in [1.29, 1.82) is 0 Å². The van der Waals surface area contributed by atoms with Crippen LogP contribution in [0.4, 0.5) is 16.0 Å². The number of hydrogen-bond donors (Lipinski definition) is 2. The number of rotatable bonds is 5. The molecule has 0 unspecified atom stereocenters. The van der Waals surface area contributed by atoms with E-state index in [1.54, 1.807) is 18.2 Å². The van der Waals surface area contributed by atoms with E-state index in [-0.39, 0.29) is 11.7 Å². The molecule has 0 amide bonds. The first-order valence-corrected chi connectivity index (χ1v) is 8.33. The lowest BCUT2D eigenvalue weighted by Crippen LogP contribution is -2.37. The van der Waals surface area contributed by atoms with Gasteiger partial charge in [-0.2, -0.15) is 0 Å². The summed E-state index contributed by atoms with van der Waals surface area (Å²) in [5.74, 6) is 0.757. The number of hydrogen-bond acceptors (Lipinski definition) is 5. The molecular weight excluding hydrogens is 323 g/mol. The second kappa shape index (κ2) is 7.46. The van der Waals surface area contributed by atoms with E-state index in [1.165, 1.54) is 6.07 Å². The Morgan fingerprint density at radius 3 is 2.72 bits per heavy atom. The zero-order valence-corrected chi connectivity index (χ0v) is 14.1. The summed E-state index contributed by atoms with van der Waals surface area (Å²) < 4.78 is 13.7. The third kappa shape index (κ3) is 4.23. The Balaban J connectivity index is 1.69.